The van der Waals surface area contributed by atoms with Gasteiger partial charge in [0.1, 0.15) is 11.5 Å². The Hall–Kier alpha value is -2.48. The number of nitrogens with one attached hydrogen (secondary N) is 1. The second kappa shape index (κ2) is 5.96. The number of rotatable bonds is 4. The summed E-state index contributed by atoms with van der Waals surface area (Å²) in [6, 6.07) is 10.2. The summed E-state index contributed by atoms with van der Waals surface area (Å²) in [5, 5.41) is 2.68. The summed E-state index contributed by atoms with van der Waals surface area (Å²) in [6.45, 7) is 0.145. The molecule has 0 bridgehead atoms. The smallest absolute Gasteiger partial charge is 0.263 e. The van der Waals surface area contributed by atoms with Crippen LogP contribution in [0.4, 0.5) is 5.69 Å². The number of hydrogen-bond acceptors (Lipinski definition) is 5. The average Bonchev–Trinajstić information content (AvgIpc) is 3.04. The number of fused-ring (bicyclic) bond motifs is 1. The van der Waals surface area contributed by atoms with Gasteiger partial charge in [0.05, 0.1) is 31.3 Å². The van der Waals surface area contributed by atoms with Gasteiger partial charge in [0, 0.05) is 0 Å². The minimum Gasteiger partial charge on any atom is -0.476 e. The van der Waals surface area contributed by atoms with Gasteiger partial charge in [-0.15, -0.1) is 0 Å². The summed E-state index contributed by atoms with van der Waals surface area (Å²) >= 11 is 0. The maximum Gasteiger partial charge on any atom is 0.263 e. The molecule has 1 atom stereocenters. The number of hydrogen-bond donors (Lipinski definition) is 1. The van der Waals surface area contributed by atoms with Gasteiger partial charge < -0.3 is 14.5 Å². The molecule has 2 aromatic rings. The van der Waals surface area contributed by atoms with E-state index in [-0.39, 0.29) is 13.1 Å². The van der Waals surface area contributed by atoms with Crippen LogP contribution < -0.4 is 14.4 Å². The highest BCUT2D eigenvalue weighted by atomic mass is 32.2. The van der Waals surface area contributed by atoms with Crippen LogP contribution in [0.5, 0.6) is 5.75 Å². The highest BCUT2D eigenvalue weighted by molar-refractivity contribution is 7.92. The molecule has 0 saturated heterocycles. The maximum absolute atomic E-state index is 12.3. The zero-order chi connectivity index (χ0) is 16.4. The van der Waals surface area contributed by atoms with Crippen LogP contribution in [0.15, 0.2) is 47.1 Å². The van der Waals surface area contributed by atoms with Crippen LogP contribution in [-0.4, -0.2) is 33.2 Å². The molecule has 1 aromatic heterocycles. The van der Waals surface area contributed by atoms with Crippen LogP contribution >= 0.6 is 0 Å². The quantitative estimate of drug-likeness (QED) is 0.904. The van der Waals surface area contributed by atoms with Crippen molar-refractivity contribution in [3.63, 3.8) is 0 Å². The molecule has 0 aliphatic carbocycles. The van der Waals surface area contributed by atoms with Crippen molar-refractivity contribution in [2.45, 2.75) is 12.6 Å². The highest BCUT2D eigenvalue weighted by Gasteiger charge is 2.34. The van der Waals surface area contributed by atoms with Gasteiger partial charge in [-0.3, -0.25) is 9.10 Å². The first-order valence-electron chi connectivity index (χ1n) is 6.98. The lowest BCUT2D eigenvalue weighted by Crippen LogP contribution is -2.50. The Morgan fingerprint density at radius 2 is 2.09 bits per heavy atom. The molecule has 1 aliphatic heterocycles. The topological polar surface area (TPSA) is 88.9 Å². The van der Waals surface area contributed by atoms with Gasteiger partial charge in [0.25, 0.3) is 5.91 Å². The van der Waals surface area contributed by atoms with Crippen LogP contribution in [0.2, 0.25) is 0 Å². The SMILES string of the molecule is CS(=O)(=O)N1C[C@@H](C(=O)NCc2ccco2)Oc2ccccc21. The van der Waals surface area contributed by atoms with E-state index in [4.69, 9.17) is 9.15 Å². The first-order chi connectivity index (χ1) is 10.9. The Morgan fingerprint density at radius 1 is 1.30 bits per heavy atom. The molecule has 122 valence electrons. The molecular formula is C15H16N2O5S. The van der Waals surface area contributed by atoms with E-state index in [1.165, 1.54) is 10.6 Å². The van der Waals surface area contributed by atoms with E-state index < -0.39 is 22.0 Å². The summed E-state index contributed by atoms with van der Waals surface area (Å²) in [5.74, 6) is 0.571. The van der Waals surface area contributed by atoms with Crippen LogP contribution in [0.25, 0.3) is 0 Å². The second-order valence-electron chi connectivity index (χ2n) is 5.17. The number of furan rings is 1. The standard InChI is InChI=1S/C15H16N2O5S/c1-23(19,20)17-10-14(22-13-7-3-2-6-12(13)17)15(18)16-9-11-5-4-8-21-11/h2-8,14H,9-10H2,1H3,(H,16,18)/t14-/m0/s1. The van der Waals surface area contributed by atoms with E-state index in [0.717, 1.165) is 6.26 Å². The Bertz CT molecular complexity index is 801. The Kier molecular flexibility index (Phi) is 3.99. The fraction of sp³-hybridized carbons (Fsp3) is 0.267. The van der Waals surface area contributed by atoms with E-state index in [9.17, 15) is 13.2 Å². The molecule has 1 amide bonds. The number of benzene rings is 1. The lowest BCUT2D eigenvalue weighted by atomic mass is 10.2. The number of carbonyl (C=O) groups is 1. The van der Waals surface area contributed by atoms with E-state index in [1.54, 1.807) is 36.4 Å². The first-order valence-corrected chi connectivity index (χ1v) is 8.83. The van der Waals surface area contributed by atoms with Crippen LogP contribution in [-0.2, 0) is 21.4 Å². The van der Waals surface area contributed by atoms with Crippen molar-refractivity contribution in [1.29, 1.82) is 0 Å². The Labute approximate surface area is 133 Å². The molecule has 0 radical (unpaired) electrons. The number of para-hydroxylation sites is 2. The minimum atomic E-state index is -3.51. The summed E-state index contributed by atoms with van der Waals surface area (Å²) in [6.07, 6.45) is 1.70. The van der Waals surface area contributed by atoms with Gasteiger partial charge in [-0.2, -0.15) is 0 Å². The van der Waals surface area contributed by atoms with Crippen LogP contribution in [0.3, 0.4) is 0 Å². The number of amides is 1. The Balaban J connectivity index is 1.78. The zero-order valence-electron chi connectivity index (χ0n) is 12.4. The molecule has 0 fully saturated rings. The van der Waals surface area contributed by atoms with Crippen molar-refractivity contribution in [1.82, 2.24) is 5.32 Å². The lowest BCUT2D eigenvalue weighted by molar-refractivity contribution is -0.128. The monoisotopic (exact) mass is 336 g/mol. The molecule has 1 N–H and O–H groups in total. The van der Waals surface area contributed by atoms with E-state index >= 15 is 0 Å². The van der Waals surface area contributed by atoms with Gasteiger partial charge >= 0.3 is 0 Å². The fourth-order valence-corrected chi connectivity index (χ4v) is 3.27. The third kappa shape index (κ3) is 3.31. The van der Waals surface area contributed by atoms with E-state index in [1.807, 2.05) is 0 Å². The predicted molar refractivity (Wildman–Crippen MR) is 83.6 cm³/mol. The molecule has 1 aromatic carbocycles. The molecule has 0 spiro atoms. The summed E-state index contributed by atoms with van der Waals surface area (Å²) in [4.78, 5) is 12.3. The Morgan fingerprint density at radius 3 is 2.78 bits per heavy atom. The minimum absolute atomic E-state index is 0.0696. The van der Waals surface area contributed by atoms with E-state index in [0.29, 0.717) is 17.2 Å². The maximum atomic E-state index is 12.3. The summed E-state index contributed by atoms with van der Waals surface area (Å²) < 4.78 is 35.9. The highest BCUT2D eigenvalue weighted by Crippen LogP contribution is 2.34. The third-order valence-electron chi connectivity index (χ3n) is 3.44. The number of anilines is 1. The van der Waals surface area contributed by atoms with Gasteiger partial charge in [0.15, 0.2) is 6.10 Å². The van der Waals surface area contributed by atoms with Gasteiger partial charge in [-0.25, -0.2) is 8.42 Å². The second-order valence-corrected chi connectivity index (χ2v) is 7.07. The molecule has 0 unspecified atom stereocenters. The van der Waals surface area contributed by atoms with Crippen molar-refractivity contribution in [2.24, 2.45) is 0 Å². The number of carbonyl (C=O) groups excluding carboxylic acids is 1. The van der Waals surface area contributed by atoms with Crippen molar-refractivity contribution in [3.8, 4) is 5.75 Å². The number of sulfonamides is 1. The molecule has 7 nitrogen and oxygen atoms in total. The van der Waals surface area contributed by atoms with E-state index in [2.05, 4.69) is 5.32 Å². The van der Waals surface area contributed by atoms with Crippen molar-refractivity contribution < 1.29 is 22.4 Å². The normalized spacial score (nSPS) is 17.3. The summed E-state index contributed by atoms with van der Waals surface area (Å²) in [7, 11) is -3.51. The predicted octanol–water partition coefficient (Wildman–Crippen LogP) is 1.12. The molecular weight excluding hydrogens is 320 g/mol. The van der Waals surface area contributed by atoms with Crippen LogP contribution in [0, 0.1) is 0 Å². The zero-order valence-corrected chi connectivity index (χ0v) is 13.2. The molecule has 8 heteroatoms. The fourth-order valence-electron chi connectivity index (χ4n) is 2.35. The van der Waals surface area contributed by atoms with Crippen LogP contribution in [0.1, 0.15) is 5.76 Å². The largest absolute Gasteiger partial charge is 0.476 e. The molecule has 0 saturated carbocycles. The lowest BCUT2D eigenvalue weighted by Gasteiger charge is -2.33. The molecule has 2 heterocycles. The van der Waals surface area contributed by atoms with Crippen molar-refractivity contribution >= 4 is 21.6 Å². The molecule has 23 heavy (non-hydrogen) atoms. The van der Waals surface area contributed by atoms with Gasteiger partial charge in [-0.1, -0.05) is 12.1 Å². The first kappa shape index (κ1) is 15.4. The number of ether oxygens (including phenoxy) is 1. The molecule has 1 aliphatic rings. The molecule has 3 rings (SSSR count). The van der Waals surface area contributed by atoms with Crippen molar-refractivity contribution in [2.75, 3.05) is 17.1 Å². The third-order valence-corrected chi connectivity index (χ3v) is 4.59. The summed E-state index contributed by atoms with van der Waals surface area (Å²) in [5.41, 5.74) is 0.435. The van der Waals surface area contributed by atoms with Gasteiger partial charge in [0.2, 0.25) is 10.0 Å². The average molecular weight is 336 g/mol. The van der Waals surface area contributed by atoms with Crippen molar-refractivity contribution in [3.05, 3.63) is 48.4 Å². The number of nitrogens with zero attached hydrogens (tertiary/aromatic N) is 1. The van der Waals surface area contributed by atoms with Gasteiger partial charge in [-0.05, 0) is 24.3 Å².